The second-order valence-corrected chi connectivity index (χ2v) is 5.18. The first kappa shape index (κ1) is 15.4. The van der Waals surface area contributed by atoms with Crippen LogP contribution in [0.3, 0.4) is 0 Å². The van der Waals surface area contributed by atoms with Gasteiger partial charge in [0.05, 0.1) is 16.1 Å². The number of fused-ring (bicyclic) bond motifs is 1. The van der Waals surface area contributed by atoms with E-state index in [1.807, 2.05) is 31.2 Å². The molecule has 0 bridgehead atoms. The number of rotatable bonds is 3. The van der Waals surface area contributed by atoms with E-state index in [1.165, 1.54) is 12.1 Å². The maximum atomic E-state index is 12.2. The van der Waals surface area contributed by atoms with Crippen molar-refractivity contribution in [3.8, 4) is 0 Å². The molecule has 7 nitrogen and oxygen atoms in total. The number of hydrogen-bond donors (Lipinski definition) is 2. The number of nitrogens with one attached hydrogen (secondary N) is 2. The smallest absolute Gasteiger partial charge is 0.307 e. The molecule has 2 aromatic carbocycles. The molecule has 0 saturated carbocycles. The van der Waals surface area contributed by atoms with Gasteiger partial charge in [-0.25, -0.2) is 4.79 Å². The van der Waals surface area contributed by atoms with Crippen molar-refractivity contribution in [2.45, 2.75) is 6.92 Å². The minimum absolute atomic E-state index is 0.134. The Hall–Kier alpha value is -3.48. The minimum Gasteiger partial charge on any atom is -0.307 e. The molecule has 0 saturated heterocycles. The maximum Gasteiger partial charge on any atom is 0.323 e. The highest BCUT2D eigenvalue weighted by Crippen LogP contribution is 2.25. The number of urea groups is 1. The number of benzene rings is 2. The van der Waals surface area contributed by atoms with E-state index in [9.17, 15) is 14.9 Å². The number of carbonyl (C=O) groups is 1. The van der Waals surface area contributed by atoms with Crippen molar-refractivity contribution < 1.29 is 9.72 Å². The molecular formula is C17H14N4O3. The number of aryl methyl sites for hydroxylation is 1. The van der Waals surface area contributed by atoms with Gasteiger partial charge in [0.25, 0.3) is 5.69 Å². The van der Waals surface area contributed by atoms with Crippen LogP contribution in [0.2, 0.25) is 0 Å². The van der Waals surface area contributed by atoms with E-state index in [1.54, 1.807) is 18.2 Å². The summed E-state index contributed by atoms with van der Waals surface area (Å²) in [5, 5.41) is 17.0. The summed E-state index contributed by atoms with van der Waals surface area (Å²) in [4.78, 5) is 27.1. The SMILES string of the molecule is Cc1cc(NC(=O)Nc2ccccc2[N+](=O)[O-])c2ccccc2n1. The fourth-order valence-corrected chi connectivity index (χ4v) is 2.43. The van der Waals surface area contributed by atoms with Crippen LogP contribution in [0.4, 0.5) is 21.9 Å². The van der Waals surface area contributed by atoms with Gasteiger partial charge >= 0.3 is 6.03 Å². The Morgan fingerprint density at radius 3 is 2.50 bits per heavy atom. The average molecular weight is 322 g/mol. The van der Waals surface area contributed by atoms with Gasteiger partial charge in [-0.3, -0.25) is 15.1 Å². The van der Waals surface area contributed by atoms with Gasteiger partial charge in [0, 0.05) is 17.1 Å². The predicted octanol–water partition coefficient (Wildman–Crippen LogP) is 4.10. The van der Waals surface area contributed by atoms with Crippen LogP contribution in [0, 0.1) is 17.0 Å². The summed E-state index contributed by atoms with van der Waals surface area (Å²) in [5.41, 5.74) is 2.08. The summed E-state index contributed by atoms with van der Waals surface area (Å²) in [5.74, 6) is 0. The molecule has 0 fully saturated rings. The van der Waals surface area contributed by atoms with Crippen molar-refractivity contribution in [2.75, 3.05) is 10.6 Å². The molecule has 24 heavy (non-hydrogen) atoms. The number of hydrogen-bond acceptors (Lipinski definition) is 4. The van der Waals surface area contributed by atoms with Crippen LogP contribution < -0.4 is 10.6 Å². The van der Waals surface area contributed by atoms with Crippen molar-refractivity contribution >= 4 is 34.0 Å². The van der Waals surface area contributed by atoms with Gasteiger partial charge < -0.3 is 10.6 Å². The number of nitro groups is 1. The highest BCUT2D eigenvalue weighted by Gasteiger charge is 2.15. The Balaban J connectivity index is 1.88. The lowest BCUT2D eigenvalue weighted by Crippen LogP contribution is -2.20. The zero-order chi connectivity index (χ0) is 17.1. The third-order valence-electron chi connectivity index (χ3n) is 3.44. The normalized spacial score (nSPS) is 10.4. The zero-order valence-electron chi connectivity index (χ0n) is 12.8. The van der Waals surface area contributed by atoms with E-state index in [0.717, 1.165) is 16.6 Å². The van der Waals surface area contributed by atoms with Gasteiger partial charge in [0.2, 0.25) is 0 Å². The number of amides is 2. The topological polar surface area (TPSA) is 97.2 Å². The lowest BCUT2D eigenvalue weighted by molar-refractivity contribution is -0.383. The summed E-state index contributed by atoms with van der Waals surface area (Å²) in [6, 6.07) is 14.6. The monoisotopic (exact) mass is 322 g/mol. The second-order valence-electron chi connectivity index (χ2n) is 5.18. The molecule has 0 unspecified atom stereocenters. The molecule has 7 heteroatoms. The van der Waals surface area contributed by atoms with Gasteiger partial charge in [-0.1, -0.05) is 30.3 Å². The van der Waals surface area contributed by atoms with Crippen molar-refractivity contribution in [2.24, 2.45) is 0 Å². The summed E-state index contributed by atoms with van der Waals surface area (Å²) in [6.07, 6.45) is 0. The largest absolute Gasteiger partial charge is 0.323 e. The van der Waals surface area contributed by atoms with Gasteiger partial charge in [0.15, 0.2) is 0 Å². The molecule has 2 N–H and O–H groups in total. The van der Waals surface area contributed by atoms with Crippen LogP contribution in [0.15, 0.2) is 54.6 Å². The Morgan fingerprint density at radius 2 is 1.71 bits per heavy atom. The second kappa shape index (κ2) is 6.33. The summed E-state index contributed by atoms with van der Waals surface area (Å²) in [7, 11) is 0. The predicted molar refractivity (Wildman–Crippen MR) is 92.2 cm³/mol. The first-order chi connectivity index (χ1) is 11.5. The van der Waals surface area contributed by atoms with E-state index >= 15 is 0 Å². The fraction of sp³-hybridized carbons (Fsp3) is 0.0588. The highest BCUT2D eigenvalue weighted by molar-refractivity contribution is 6.06. The molecule has 0 aliphatic carbocycles. The molecule has 120 valence electrons. The zero-order valence-corrected chi connectivity index (χ0v) is 12.8. The van der Waals surface area contributed by atoms with Crippen LogP contribution in [0.5, 0.6) is 0 Å². The number of nitro benzene ring substituents is 1. The molecule has 0 spiro atoms. The molecule has 3 aromatic rings. The number of aromatic nitrogens is 1. The van der Waals surface area contributed by atoms with Gasteiger partial charge in [-0.05, 0) is 25.1 Å². The van der Waals surface area contributed by atoms with E-state index in [0.29, 0.717) is 5.69 Å². The van der Waals surface area contributed by atoms with E-state index in [-0.39, 0.29) is 11.4 Å². The van der Waals surface area contributed by atoms with Gasteiger partial charge in [-0.2, -0.15) is 0 Å². The molecule has 2 amide bonds. The van der Waals surface area contributed by atoms with Crippen molar-refractivity contribution in [1.82, 2.24) is 4.98 Å². The Bertz CT molecular complexity index is 940. The molecular weight excluding hydrogens is 308 g/mol. The quantitative estimate of drug-likeness (QED) is 0.560. The van der Waals surface area contributed by atoms with Crippen LogP contribution in [0.1, 0.15) is 5.69 Å². The third kappa shape index (κ3) is 3.14. The molecule has 0 aliphatic rings. The molecule has 0 radical (unpaired) electrons. The van der Waals surface area contributed by atoms with E-state index < -0.39 is 11.0 Å². The number of anilines is 2. The molecule has 0 atom stereocenters. The lowest BCUT2D eigenvalue weighted by Gasteiger charge is -2.11. The number of carbonyl (C=O) groups excluding carboxylic acids is 1. The lowest BCUT2D eigenvalue weighted by atomic mass is 10.1. The van der Waals surface area contributed by atoms with Crippen molar-refractivity contribution in [3.63, 3.8) is 0 Å². The third-order valence-corrected chi connectivity index (χ3v) is 3.44. The first-order valence-electron chi connectivity index (χ1n) is 7.22. The molecule has 1 heterocycles. The molecule has 1 aromatic heterocycles. The summed E-state index contributed by atoms with van der Waals surface area (Å²) < 4.78 is 0. The van der Waals surface area contributed by atoms with Crippen molar-refractivity contribution in [1.29, 1.82) is 0 Å². The first-order valence-corrected chi connectivity index (χ1v) is 7.22. The standard InChI is InChI=1S/C17H14N4O3/c1-11-10-15(12-6-2-3-7-13(12)18-11)20-17(22)19-14-8-4-5-9-16(14)21(23)24/h2-10H,1H3,(H2,18,19,20,22). The maximum absolute atomic E-state index is 12.2. The Kier molecular flexibility index (Phi) is 4.07. The number of para-hydroxylation sites is 3. The molecule has 0 aliphatic heterocycles. The van der Waals surface area contributed by atoms with Crippen LogP contribution in [-0.2, 0) is 0 Å². The van der Waals surface area contributed by atoms with Crippen LogP contribution in [-0.4, -0.2) is 15.9 Å². The summed E-state index contributed by atoms with van der Waals surface area (Å²) in [6.45, 7) is 1.83. The van der Waals surface area contributed by atoms with Crippen LogP contribution >= 0.6 is 0 Å². The Morgan fingerprint density at radius 1 is 1.04 bits per heavy atom. The number of nitrogens with zero attached hydrogens (tertiary/aromatic N) is 2. The minimum atomic E-state index is -0.556. The van der Waals surface area contributed by atoms with Gasteiger partial charge in [0.1, 0.15) is 5.69 Å². The van der Waals surface area contributed by atoms with E-state index in [4.69, 9.17) is 0 Å². The van der Waals surface area contributed by atoms with Gasteiger partial charge in [-0.15, -0.1) is 0 Å². The van der Waals surface area contributed by atoms with E-state index in [2.05, 4.69) is 15.6 Å². The van der Waals surface area contributed by atoms with Crippen LogP contribution in [0.25, 0.3) is 10.9 Å². The molecule has 3 rings (SSSR count). The Labute approximate surface area is 137 Å². The van der Waals surface area contributed by atoms with Crippen molar-refractivity contribution in [3.05, 3.63) is 70.4 Å². The fourth-order valence-electron chi connectivity index (χ4n) is 2.43. The average Bonchev–Trinajstić information content (AvgIpc) is 2.55. The number of pyridine rings is 1. The summed E-state index contributed by atoms with van der Waals surface area (Å²) >= 11 is 0. The highest BCUT2D eigenvalue weighted by atomic mass is 16.6.